The molecular formula is C25H27N5O4. The van der Waals surface area contributed by atoms with Gasteiger partial charge in [0.2, 0.25) is 5.78 Å². The molecule has 2 aliphatic carbocycles. The number of nitrogens with zero attached hydrogens (tertiary/aromatic N) is 4. The van der Waals surface area contributed by atoms with Gasteiger partial charge in [-0.1, -0.05) is 0 Å². The molecule has 6 rings (SSSR count). The summed E-state index contributed by atoms with van der Waals surface area (Å²) in [5, 5.41) is 6.94. The molecule has 0 aromatic carbocycles. The fraction of sp³-hybridized carbons (Fsp3) is 0.520. The molecule has 2 atom stereocenters. The van der Waals surface area contributed by atoms with Crippen molar-refractivity contribution >= 4 is 17.6 Å². The lowest BCUT2D eigenvalue weighted by Crippen LogP contribution is -2.52. The van der Waals surface area contributed by atoms with E-state index in [2.05, 4.69) is 15.2 Å². The molecule has 4 heterocycles. The first-order valence-electron chi connectivity index (χ1n) is 12.2. The second-order valence-electron chi connectivity index (χ2n) is 9.99. The molecule has 0 spiro atoms. The highest BCUT2D eigenvalue weighted by atomic mass is 16.2. The number of carbonyl (C=O) groups is 3. The summed E-state index contributed by atoms with van der Waals surface area (Å²) in [5.41, 5.74) is 3.93. The Morgan fingerprint density at radius 3 is 2.50 bits per heavy atom. The summed E-state index contributed by atoms with van der Waals surface area (Å²) in [6.07, 6.45) is 8.21. The van der Waals surface area contributed by atoms with Crippen LogP contribution < -0.4 is 5.56 Å². The number of amides is 2. The number of aromatic nitrogens is 3. The van der Waals surface area contributed by atoms with E-state index in [0.717, 1.165) is 60.9 Å². The molecule has 176 valence electrons. The van der Waals surface area contributed by atoms with E-state index in [-0.39, 0.29) is 41.2 Å². The number of piperazine rings is 1. The van der Waals surface area contributed by atoms with Crippen LogP contribution >= 0.6 is 0 Å². The second kappa shape index (κ2) is 8.14. The van der Waals surface area contributed by atoms with Crippen LogP contribution in [0.1, 0.15) is 65.0 Å². The Bertz CT molecular complexity index is 1250. The van der Waals surface area contributed by atoms with Gasteiger partial charge in [0.1, 0.15) is 5.69 Å². The van der Waals surface area contributed by atoms with Crippen molar-refractivity contribution in [1.29, 1.82) is 0 Å². The molecule has 1 saturated carbocycles. The minimum absolute atomic E-state index is 0.0770. The lowest BCUT2D eigenvalue weighted by atomic mass is 9.90. The van der Waals surface area contributed by atoms with Crippen LogP contribution in [-0.4, -0.2) is 67.8 Å². The van der Waals surface area contributed by atoms with Gasteiger partial charge >= 0.3 is 0 Å². The summed E-state index contributed by atoms with van der Waals surface area (Å²) in [5.74, 6) is -0.873. The van der Waals surface area contributed by atoms with E-state index in [0.29, 0.717) is 31.6 Å². The van der Waals surface area contributed by atoms with Crippen LogP contribution in [0.5, 0.6) is 0 Å². The Hall–Kier alpha value is -3.36. The van der Waals surface area contributed by atoms with Gasteiger partial charge in [-0.05, 0) is 68.2 Å². The van der Waals surface area contributed by atoms with Crippen molar-refractivity contribution < 1.29 is 14.4 Å². The quantitative estimate of drug-likeness (QED) is 0.665. The number of nitrogens with one attached hydrogen (secondary N) is 1. The zero-order valence-electron chi connectivity index (χ0n) is 19.0. The van der Waals surface area contributed by atoms with Gasteiger partial charge in [-0.2, -0.15) is 5.10 Å². The first-order chi connectivity index (χ1) is 16.5. The summed E-state index contributed by atoms with van der Waals surface area (Å²) < 4.78 is 0. The smallest absolute Gasteiger partial charge is 0.290 e. The maximum Gasteiger partial charge on any atom is 0.290 e. The molecule has 2 aromatic rings. The van der Waals surface area contributed by atoms with Crippen LogP contribution in [0.15, 0.2) is 23.1 Å². The maximum absolute atomic E-state index is 13.3. The zero-order valence-corrected chi connectivity index (χ0v) is 19.0. The fourth-order valence-electron chi connectivity index (χ4n) is 5.74. The molecule has 0 radical (unpaired) electrons. The van der Waals surface area contributed by atoms with Gasteiger partial charge in [-0.15, -0.1) is 0 Å². The minimum atomic E-state index is -0.376. The Labute approximate surface area is 196 Å². The number of Topliss-reactive ketones (excluding diaryl/α,β-unsaturated/α-hetero) is 1. The molecule has 3 fully saturated rings. The molecule has 34 heavy (non-hydrogen) atoms. The van der Waals surface area contributed by atoms with E-state index in [1.807, 2.05) is 6.07 Å². The second-order valence-corrected chi connectivity index (χ2v) is 9.99. The van der Waals surface area contributed by atoms with E-state index in [9.17, 15) is 19.2 Å². The van der Waals surface area contributed by atoms with Gasteiger partial charge in [-0.3, -0.25) is 24.2 Å². The highest BCUT2D eigenvalue weighted by Gasteiger charge is 2.50. The predicted octanol–water partition coefficient (Wildman–Crippen LogP) is 1.04. The first-order valence-corrected chi connectivity index (χ1v) is 12.2. The van der Waals surface area contributed by atoms with Gasteiger partial charge in [0, 0.05) is 37.2 Å². The minimum Gasteiger partial charge on any atom is -0.330 e. The molecule has 2 amide bonds. The summed E-state index contributed by atoms with van der Waals surface area (Å²) in [7, 11) is 0. The average molecular weight is 462 g/mol. The zero-order chi connectivity index (χ0) is 23.4. The van der Waals surface area contributed by atoms with Crippen molar-refractivity contribution in [2.45, 2.75) is 63.5 Å². The molecule has 2 aromatic heterocycles. The number of likely N-dealkylation sites (tertiary alicyclic amines) is 2. The van der Waals surface area contributed by atoms with Crippen molar-refractivity contribution in [2.75, 3.05) is 13.1 Å². The molecule has 9 heteroatoms. The molecule has 2 saturated heterocycles. The molecule has 1 N–H and O–H groups in total. The number of hydrogen-bond donors (Lipinski definition) is 1. The SMILES string of the molecule is O=C(C(=O)N1C[C@@H]2C[C@@H]1CN2C(=O)c1cc(Cc2n[nH]c(=O)c3c2CCCC3)ccn1)C1CC1. The fourth-order valence-corrected chi connectivity index (χ4v) is 5.74. The van der Waals surface area contributed by atoms with Gasteiger partial charge in [-0.25, -0.2) is 5.10 Å². The van der Waals surface area contributed by atoms with Crippen LogP contribution in [0.25, 0.3) is 0 Å². The highest BCUT2D eigenvalue weighted by molar-refractivity contribution is 6.37. The van der Waals surface area contributed by atoms with Crippen LogP contribution in [0.2, 0.25) is 0 Å². The number of rotatable bonds is 5. The van der Waals surface area contributed by atoms with Crippen molar-refractivity contribution in [3.63, 3.8) is 0 Å². The average Bonchev–Trinajstić information content (AvgIpc) is 3.52. The van der Waals surface area contributed by atoms with Crippen LogP contribution in [-0.2, 0) is 28.9 Å². The summed E-state index contributed by atoms with van der Waals surface area (Å²) in [6, 6.07) is 3.50. The number of ketones is 1. The van der Waals surface area contributed by atoms with Crippen LogP contribution in [0.4, 0.5) is 0 Å². The Balaban J connectivity index is 1.16. The summed E-state index contributed by atoms with van der Waals surface area (Å²) in [4.78, 5) is 57.9. The standard InChI is InChI=1S/C25H27N5O4/c31-22(15-5-6-15)25(34)30-13-16-11-17(30)12-29(16)24(33)21-10-14(7-8-26-21)9-20-18-3-1-2-4-19(18)23(32)28-27-20/h7-8,10,15-17H,1-6,9,11-13H2,(H,28,32)/t16-,17+/m0/s1. The third-order valence-electron chi connectivity index (χ3n) is 7.72. The first kappa shape index (κ1) is 21.2. The molecular weight excluding hydrogens is 434 g/mol. The Morgan fingerprint density at radius 2 is 1.76 bits per heavy atom. The van der Waals surface area contributed by atoms with Crippen LogP contribution in [0, 0.1) is 5.92 Å². The largest absolute Gasteiger partial charge is 0.330 e. The van der Waals surface area contributed by atoms with E-state index < -0.39 is 0 Å². The molecule has 2 bridgehead atoms. The molecule has 4 aliphatic rings. The molecule has 0 unspecified atom stereocenters. The van der Waals surface area contributed by atoms with Gasteiger partial charge < -0.3 is 9.80 Å². The van der Waals surface area contributed by atoms with E-state index >= 15 is 0 Å². The monoisotopic (exact) mass is 461 g/mol. The highest BCUT2D eigenvalue weighted by Crippen LogP contribution is 2.35. The van der Waals surface area contributed by atoms with Gasteiger partial charge in [0.05, 0.1) is 17.8 Å². The Kier molecular flexibility index (Phi) is 5.08. The van der Waals surface area contributed by atoms with E-state index in [4.69, 9.17) is 0 Å². The summed E-state index contributed by atoms with van der Waals surface area (Å²) >= 11 is 0. The lowest BCUT2D eigenvalue weighted by Gasteiger charge is -2.33. The van der Waals surface area contributed by atoms with Crippen molar-refractivity contribution in [1.82, 2.24) is 25.0 Å². The van der Waals surface area contributed by atoms with Crippen LogP contribution in [0.3, 0.4) is 0 Å². The number of hydrogen-bond acceptors (Lipinski definition) is 6. The number of pyridine rings is 1. The maximum atomic E-state index is 13.3. The van der Waals surface area contributed by atoms with Crippen molar-refractivity contribution in [2.24, 2.45) is 5.92 Å². The van der Waals surface area contributed by atoms with Gasteiger partial charge in [0.25, 0.3) is 17.4 Å². The lowest BCUT2D eigenvalue weighted by molar-refractivity contribution is -0.146. The number of H-pyrrole nitrogens is 1. The number of carbonyl (C=O) groups excluding carboxylic acids is 3. The molecule has 2 aliphatic heterocycles. The topological polar surface area (TPSA) is 116 Å². The third-order valence-corrected chi connectivity index (χ3v) is 7.72. The van der Waals surface area contributed by atoms with E-state index in [1.54, 1.807) is 22.1 Å². The number of fused-ring (bicyclic) bond motifs is 3. The van der Waals surface area contributed by atoms with Crippen molar-refractivity contribution in [3.8, 4) is 0 Å². The predicted molar refractivity (Wildman–Crippen MR) is 121 cm³/mol. The van der Waals surface area contributed by atoms with Crippen molar-refractivity contribution in [3.05, 3.63) is 56.8 Å². The molecule has 9 nitrogen and oxygen atoms in total. The van der Waals surface area contributed by atoms with Gasteiger partial charge in [0.15, 0.2) is 0 Å². The normalized spacial score (nSPS) is 23.2. The third kappa shape index (κ3) is 3.63. The Morgan fingerprint density at radius 1 is 1.03 bits per heavy atom. The number of aromatic amines is 1. The summed E-state index contributed by atoms with van der Waals surface area (Å²) in [6.45, 7) is 0.856. The van der Waals surface area contributed by atoms with E-state index in [1.165, 1.54) is 0 Å².